The lowest BCUT2D eigenvalue weighted by atomic mass is 9.96. The average molecular weight is 564 g/mol. The predicted molar refractivity (Wildman–Crippen MR) is 165 cm³/mol. The summed E-state index contributed by atoms with van der Waals surface area (Å²) in [6.45, 7) is 11.3. The highest BCUT2D eigenvalue weighted by atomic mass is 32.2. The van der Waals surface area contributed by atoms with Crippen molar-refractivity contribution in [2.45, 2.75) is 65.6 Å². The summed E-state index contributed by atoms with van der Waals surface area (Å²) in [5.74, 6) is 0.00307. The van der Waals surface area contributed by atoms with E-state index in [1.165, 1.54) is 0 Å². The average Bonchev–Trinajstić information content (AvgIpc) is 2.89. The maximum absolute atomic E-state index is 14.1. The second kappa shape index (κ2) is 13.7. The highest BCUT2D eigenvalue weighted by Gasteiger charge is 2.36. The van der Waals surface area contributed by atoms with Crippen molar-refractivity contribution < 1.29 is 19.1 Å². The van der Waals surface area contributed by atoms with Crippen LogP contribution >= 0.6 is 11.8 Å². The Morgan fingerprint density at radius 1 is 0.975 bits per heavy atom. The SMILES string of the molecule is CCN(C(=O)C(CCSC)NC(=O)OC(C)(C)C)C(C(=O)Nc1ccc2ccccc2c1)c1cc(C)ccc1C. The Morgan fingerprint density at radius 2 is 1.68 bits per heavy atom. The van der Waals surface area contributed by atoms with Crippen LogP contribution in [0.2, 0.25) is 0 Å². The van der Waals surface area contributed by atoms with E-state index < -0.39 is 23.8 Å². The van der Waals surface area contributed by atoms with Gasteiger partial charge in [-0.25, -0.2) is 4.79 Å². The highest BCUT2D eigenvalue weighted by molar-refractivity contribution is 7.98. The van der Waals surface area contributed by atoms with Gasteiger partial charge in [0.25, 0.3) is 5.91 Å². The molecule has 2 N–H and O–H groups in total. The first kappa shape index (κ1) is 31.0. The third-order valence-electron chi connectivity index (χ3n) is 6.53. The molecule has 2 atom stereocenters. The van der Waals surface area contributed by atoms with Gasteiger partial charge in [-0.3, -0.25) is 9.59 Å². The molecule has 0 heterocycles. The molecule has 3 rings (SSSR count). The van der Waals surface area contributed by atoms with Gasteiger partial charge in [0.1, 0.15) is 17.7 Å². The third-order valence-corrected chi connectivity index (χ3v) is 7.17. The summed E-state index contributed by atoms with van der Waals surface area (Å²) in [7, 11) is 0. The van der Waals surface area contributed by atoms with Crippen LogP contribution in [0.3, 0.4) is 0 Å². The summed E-state index contributed by atoms with van der Waals surface area (Å²) in [5.41, 5.74) is 2.57. The minimum atomic E-state index is -0.902. The second-order valence-corrected chi connectivity index (χ2v) is 11.9. The van der Waals surface area contributed by atoms with Gasteiger partial charge >= 0.3 is 6.09 Å². The normalized spacial score (nSPS) is 12.9. The second-order valence-electron chi connectivity index (χ2n) is 10.9. The van der Waals surface area contributed by atoms with Gasteiger partial charge < -0.3 is 20.3 Å². The number of carbonyl (C=O) groups excluding carboxylic acids is 3. The topological polar surface area (TPSA) is 87.7 Å². The lowest BCUT2D eigenvalue weighted by Crippen LogP contribution is -2.52. The summed E-state index contributed by atoms with van der Waals surface area (Å²) in [5, 5.41) is 7.90. The number of thioether (sulfide) groups is 1. The number of benzene rings is 3. The number of nitrogens with zero attached hydrogens (tertiary/aromatic N) is 1. The Morgan fingerprint density at radius 3 is 2.33 bits per heavy atom. The Labute approximate surface area is 242 Å². The first-order valence-electron chi connectivity index (χ1n) is 13.6. The number of hydrogen-bond acceptors (Lipinski definition) is 5. The lowest BCUT2D eigenvalue weighted by Gasteiger charge is -2.34. The van der Waals surface area contributed by atoms with Gasteiger partial charge in [-0.2, -0.15) is 11.8 Å². The number of carbonyl (C=O) groups is 3. The lowest BCUT2D eigenvalue weighted by molar-refractivity contribution is -0.140. The van der Waals surface area contributed by atoms with Gasteiger partial charge in [0, 0.05) is 12.2 Å². The molecule has 3 amide bonds. The van der Waals surface area contributed by atoms with Gasteiger partial charge in [-0.05, 0) is 94.0 Å². The first-order chi connectivity index (χ1) is 18.9. The van der Waals surface area contributed by atoms with Crippen molar-refractivity contribution in [1.82, 2.24) is 10.2 Å². The van der Waals surface area contributed by atoms with E-state index in [4.69, 9.17) is 4.74 Å². The Hall–Kier alpha value is -3.52. The number of aryl methyl sites for hydroxylation is 2. The van der Waals surface area contributed by atoms with Gasteiger partial charge in [-0.1, -0.05) is 54.1 Å². The minimum absolute atomic E-state index is 0.272. The molecule has 0 radical (unpaired) electrons. The maximum Gasteiger partial charge on any atom is 0.408 e. The molecule has 8 heteroatoms. The smallest absolute Gasteiger partial charge is 0.408 e. The van der Waals surface area contributed by atoms with Crippen molar-refractivity contribution in [3.05, 3.63) is 77.4 Å². The van der Waals surface area contributed by atoms with Crippen LogP contribution in [0.1, 0.15) is 56.8 Å². The Kier molecular flexibility index (Phi) is 10.6. The number of ether oxygens (including phenoxy) is 1. The number of likely N-dealkylation sites (N-methyl/N-ethyl adjacent to an activating group) is 1. The van der Waals surface area contributed by atoms with Crippen molar-refractivity contribution >= 4 is 46.1 Å². The van der Waals surface area contributed by atoms with E-state index in [-0.39, 0.29) is 18.4 Å². The summed E-state index contributed by atoms with van der Waals surface area (Å²) < 4.78 is 5.45. The zero-order valence-corrected chi connectivity index (χ0v) is 25.4. The van der Waals surface area contributed by atoms with Crippen LogP contribution in [-0.2, 0) is 14.3 Å². The van der Waals surface area contributed by atoms with Crippen molar-refractivity contribution in [1.29, 1.82) is 0 Å². The van der Waals surface area contributed by atoms with Crippen LogP contribution in [-0.4, -0.2) is 53.0 Å². The fraction of sp³-hybridized carbons (Fsp3) is 0.406. The summed E-state index contributed by atoms with van der Waals surface area (Å²) in [6, 6.07) is 17.8. The van der Waals surface area contributed by atoms with Crippen molar-refractivity contribution in [3.63, 3.8) is 0 Å². The number of anilines is 1. The fourth-order valence-electron chi connectivity index (χ4n) is 4.59. The van der Waals surface area contributed by atoms with Crippen LogP contribution < -0.4 is 10.6 Å². The van der Waals surface area contributed by atoms with E-state index in [1.807, 2.05) is 87.7 Å². The zero-order chi connectivity index (χ0) is 29.4. The largest absolute Gasteiger partial charge is 0.444 e. The summed E-state index contributed by atoms with van der Waals surface area (Å²) in [6.07, 6.45) is 1.69. The van der Waals surface area contributed by atoms with E-state index in [1.54, 1.807) is 37.4 Å². The molecule has 214 valence electrons. The van der Waals surface area contributed by atoms with Crippen LogP contribution in [0.25, 0.3) is 10.8 Å². The van der Waals surface area contributed by atoms with Crippen LogP contribution in [0.5, 0.6) is 0 Å². The van der Waals surface area contributed by atoms with Crippen LogP contribution in [0.4, 0.5) is 10.5 Å². The number of rotatable bonds is 10. The van der Waals surface area contributed by atoms with Gasteiger partial charge in [0.15, 0.2) is 0 Å². The minimum Gasteiger partial charge on any atom is -0.444 e. The zero-order valence-electron chi connectivity index (χ0n) is 24.5. The third kappa shape index (κ3) is 8.24. The molecular weight excluding hydrogens is 522 g/mol. The molecule has 40 heavy (non-hydrogen) atoms. The molecule has 0 aliphatic rings. The fourth-order valence-corrected chi connectivity index (χ4v) is 5.06. The molecule has 0 fully saturated rings. The van der Waals surface area contributed by atoms with Crippen LogP contribution in [0.15, 0.2) is 60.7 Å². The monoisotopic (exact) mass is 563 g/mol. The van der Waals surface area contributed by atoms with Crippen molar-refractivity contribution in [2.24, 2.45) is 0 Å². The van der Waals surface area contributed by atoms with E-state index in [9.17, 15) is 14.4 Å². The first-order valence-corrected chi connectivity index (χ1v) is 15.0. The standard InChI is InChI=1S/C32H41N3O4S/c1-8-35(30(37)27(17-18-40-7)34-31(38)39-32(4,5)6)28(26-19-21(2)13-14-22(26)3)29(36)33-25-16-15-23-11-9-10-12-24(23)20-25/h9-16,19-20,27-28H,8,17-18H2,1-7H3,(H,33,36)(H,34,38). The molecular formula is C32H41N3O4S. The predicted octanol–water partition coefficient (Wildman–Crippen LogP) is 6.63. The number of amides is 3. The maximum atomic E-state index is 14.1. The van der Waals surface area contributed by atoms with Gasteiger partial charge in [-0.15, -0.1) is 0 Å². The molecule has 0 spiro atoms. The molecule has 0 saturated heterocycles. The highest BCUT2D eigenvalue weighted by Crippen LogP contribution is 2.29. The van der Waals surface area contributed by atoms with Crippen molar-refractivity contribution in [3.8, 4) is 0 Å². The number of fused-ring (bicyclic) bond motifs is 1. The molecule has 0 aliphatic heterocycles. The summed E-state index contributed by atoms with van der Waals surface area (Å²) >= 11 is 1.58. The van der Waals surface area contributed by atoms with Crippen molar-refractivity contribution in [2.75, 3.05) is 23.9 Å². The molecule has 2 unspecified atom stereocenters. The molecule has 0 aliphatic carbocycles. The van der Waals surface area contributed by atoms with E-state index in [0.29, 0.717) is 17.9 Å². The molecule has 3 aromatic carbocycles. The summed E-state index contributed by atoms with van der Waals surface area (Å²) in [4.78, 5) is 42.4. The quantitative estimate of drug-likeness (QED) is 0.289. The molecule has 7 nitrogen and oxygen atoms in total. The van der Waals surface area contributed by atoms with Crippen LogP contribution in [0, 0.1) is 13.8 Å². The molecule has 3 aromatic rings. The molecule has 0 saturated carbocycles. The number of hydrogen-bond donors (Lipinski definition) is 2. The van der Waals surface area contributed by atoms with E-state index >= 15 is 0 Å². The number of alkyl carbamates (subject to hydrolysis) is 1. The van der Waals surface area contributed by atoms with E-state index in [0.717, 1.165) is 27.5 Å². The van der Waals surface area contributed by atoms with Gasteiger partial charge in [0.2, 0.25) is 5.91 Å². The Bertz CT molecular complexity index is 1350. The Balaban J connectivity index is 2.00. The molecule has 0 bridgehead atoms. The molecule has 0 aromatic heterocycles. The number of nitrogens with one attached hydrogen (secondary N) is 2. The van der Waals surface area contributed by atoms with Gasteiger partial charge in [0.05, 0.1) is 0 Å². The van der Waals surface area contributed by atoms with E-state index in [2.05, 4.69) is 10.6 Å².